The first-order valence-corrected chi connectivity index (χ1v) is 16.5. The molecule has 0 radical (unpaired) electrons. The van der Waals surface area contributed by atoms with Gasteiger partial charge in [-0.05, 0) is 34.4 Å². The second kappa shape index (κ2) is 19.2. The minimum absolute atomic E-state index is 0.00287. The third kappa shape index (κ3) is 11.4. The Hall–Kier alpha value is -4.83. The van der Waals surface area contributed by atoms with E-state index in [0.717, 1.165) is 22.3 Å². The van der Waals surface area contributed by atoms with Crippen molar-refractivity contribution in [2.75, 3.05) is 18.5 Å². The van der Waals surface area contributed by atoms with Crippen molar-refractivity contribution in [2.24, 2.45) is 5.73 Å². The predicted octanol–water partition coefficient (Wildman–Crippen LogP) is 6.53. The maximum absolute atomic E-state index is 12.3. The summed E-state index contributed by atoms with van der Waals surface area (Å²) in [6.07, 6.45) is -3.38. The lowest BCUT2D eigenvalue weighted by Gasteiger charge is -2.36. The molecule has 5 aromatic carbocycles. The topological polar surface area (TPSA) is 112 Å². The van der Waals surface area contributed by atoms with Crippen LogP contribution >= 0.6 is 0 Å². The minimum atomic E-state index is -1.08. The molecule has 0 fully saturated rings. The first-order chi connectivity index (χ1) is 24.1. The molecule has 0 aliphatic rings. The fourth-order valence-electron chi connectivity index (χ4n) is 5.45. The number of amides is 1. The Morgan fingerprint density at radius 3 is 1.51 bits per heavy atom. The van der Waals surface area contributed by atoms with Gasteiger partial charge in [0.15, 0.2) is 0 Å². The van der Waals surface area contributed by atoms with E-state index < -0.39 is 30.3 Å². The minimum Gasteiger partial charge on any atom is -0.388 e. The summed E-state index contributed by atoms with van der Waals surface area (Å²) in [6, 6.07) is 46.3. The number of rotatable bonds is 20. The van der Waals surface area contributed by atoms with Gasteiger partial charge in [0.25, 0.3) is 5.91 Å². The molecular formula is C41H44N2O6. The zero-order valence-electron chi connectivity index (χ0n) is 27.5. The predicted molar refractivity (Wildman–Crippen MR) is 191 cm³/mol. The number of hydrogen-bond donors (Lipinski definition) is 3. The summed E-state index contributed by atoms with van der Waals surface area (Å²) < 4.78 is 25.9. The van der Waals surface area contributed by atoms with Crippen LogP contribution in [-0.4, -0.2) is 48.6 Å². The fourth-order valence-corrected chi connectivity index (χ4v) is 5.45. The van der Waals surface area contributed by atoms with Gasteiger partial charge in [-0.2, -0.15) is 0 Å². The summed E-state index contributed by atoms with van der Waals surface area (Å²) in [7, 11) is 0. The summed E-state index contributed by atoms with van der Waals surface area (Å²) in [6.45, 7) is 1.31. The molecule has 0 aromatic heterocycles. The highest BCUT2D eigenvalue weighted by Crippen LogP contribution is 2.23. The number of benzene rings is 5. The van der Waals surface area contributed by atoms with Gasteiger partial charge in [0.1, 0.15) is 24.4 Å². The lowest BCUT2D eigenvalue weighted by atomic mass is 10.0. The molecule has 4 atom stereocenters. The highest BCUT2D eigenvalue weighted by Gasteiger charge is 2.37. The number of carbonyl (C=O) groups is 1. The van der Waals surface area contributed by atoms with Crippen LogP contribution in [0.1, 0.15) is 32.6 Å². The Morgan fingerprint density at radius 1 is 0.571 bits per heavy atom. The third-order valence-electron chi connectivity index (χ3n) is 8.03. The van der Waals surface area contributed by atoms with E-state index >= 15 is 0 Å². The second-order valence-corrected chi connectivity index (χ2v) is 11.7. The molecule has 254 valence electrons. The second-order valence-electron chi connectivity index (χ2n) is 11.7. The number of aliphatic hydroxyl groups is 1. The van der Waals surface area contributed by atoms with Crippen LogP contribution in [0.4, 0.5) is 5.69 Å². The highest BCUT2D eigenvalue weighted by atomic mass is 16.6. The largest absolute Gasteiger partial charge is 0.388 e. The SMILES string of the molecule is NC(=O)c1ccccc1NC[C@H](OCc1ccccc1)[C@@H](OCc1ccccc1)[C@H](OCc1ccccc1)[C@H](O)COCc1ccccc1. The molecule has 1 amide bonds. The van der Waals surface area contributed by atoms with Crippen molar-refractivity contribution < 1.29 is 28.8 Å². The maximum Gasteiger partial charge on any atom is 0.250 e. The molecule has 0 saturated carbocycles. The van der Waals surface area contributed by atoms with Crippen LogP contribution in [-0.2, 0) is 45.4 Å². The van der Waals surface area contributed by atoms with Crippen molar-refractivity contribution in [3.63, 3.8) is 0 Å². The van der Waals surface area contributed by atoms with Crippen molar-refractivity contribution >= 4 is 11.6 Å². The lowest BCUT2D eigenvalue weighted by Crippen LogP contribution is -2.52. The van der Waals surface area contributed by atoms with Crippen molar-refractivity contribution in [2.45, 2.75) is 50.8 Å². The number of para-hydroxylation sites is 1. The van der Waals surface area contributed by atoms with Crippen LogP contribution < -0.4 is 11.1 Å². The average molecular weight is 661 g/mol. The number of hydrogen-bond acceptors (Lipinski definition) is 7. The average Bonchev–Trinajstić information content (AvgIpc) is 3.15. The van der Waals surface area contributed by atoms with E-state index in [1.54, 1.807) is 18.2 Å². The Balaban J connectivity index is 1.45. The molecule has 0 aliphatic carbocycles. The van der Waals surface area contributed by atoms with Crippen molar-refractivity contribution in [3.8, 4) is 0 Å². The van der Waals surface area contributed by atoms with Crippen LogP contribution in [0.25, 0.3) is 0 Å². The molecule has 8 heteroatoms. The first-order valence-electron chi connectivity index (χ1n) is 16.5. The molecule has 0 unspecified atom stereocenters. The number of aliphatic hydroxyl groups excluding tert-OH is 1. The van der Waals surface area contributed by atoms with Crippen LogP contribution in [0.2, 0.25) is 0 Å². The van der Waals surface area contributed by atoms with Crippen molar-refractivity contribution in [1.82, 2.24) is 0 Å². The van der Waals surface area contributed by atoms with Crippen molar-refractivity contribution in [1.29, 1.82) is 0 Å². The van der Waals surface area contributed by atoms with Gasteiger partial charge in [-0.3, -0.25) is 4.79 Å². The Morgan fingerprint density at radius 2 is 1.00 bits per heavy atom. The molecule has 8 nitrogen and oxygen atoms in total. The van der Waals surface area contributed by atoms with E-state index in [2.05, 4.69) is 5.32 Å². The first kappa shape index (κ1) is 35.5. The summed E-state index contributed by atoms with van der Waals surface area (Å²) in [5.41, 5.74) is 10.5. The summed E-state index contributed by atoms with van der Waals surface area (Å²) >= 11 is 0. The quantitative estimate of drug-likeness (QED) is 0.0870. The van der Waals surface area contributed by atoms with E-state index in [9.17, 15) is 9.90 Å². The molecule has 0 heterocycles. The molecule has 4 N–H and O–H groups in total. The van der Waals surface area contributed by atoms with Gasteiger partial charge in [-0.1, -0.05) is 133 Å². The fraction of sp³-hybridized carbons (Fsp3) is 0.244. The summed E-state index contributed by atoms with van der Waals surface area (Å²) in [5.74, 6) is -0.545. The maximum atomic E-state index is 12.3. The standard InChI is InChI=1S/C41H44N2O6/c42-41(45)35-23-13-14-24-36(35)43-25-38(47-27-32-17-7-2-8-18-32)40(49-29-34-21-11-4-12-22-34)39(48-28-33-19-9-3-10-20-33)37(44)30-46-26-31-15-5-1-6-16-31/h1-24,37-40,43-44H,25-30H2,(H2,42,45)/t37-,38+,39-,40-/m1/s1. The monoisotopic (exact) mass is 660 g/mol. The molecular weight excluding hydrogens is 616 g/mol. The zero-order valence-corrected chi connectivity index (χ0v) is 27.5. The molecule has 0 saturated heterocycles. The smallest absolute Gasteiger partial charge is 0.250 e. The Kier molecular flexibility index (Phi) is 13.9. The normalized spacial score (nSPS) is 13.7. The van der Waals surface area contributed by atoms with E-state index in [4.69, 9.17) is 24.7 Å². The lowest BCUT2D eigenvalue weighted by molar-refractivity contribution is -0.184. The van der Waals surface area contributed by atoms with Crippen LogP contribution in [0.5, 0.6) is 0 Å². The van der Waals surface area contributed by atoms with Gasteiger partial charge in [0, 0.05) is 12.2 Å². The van der Waals surface area contributed by atoms with Gasteiger partial charge in [0.05, 0.1) is 38.6 Å². The van der Waals surface area contributed by atoms with Crippen LogP contribution in [0.15, 0.2) is 146 Å². The third-order valence-corrected chi connectivity index (χ3v) is 8.03. The number of nitrogens with two attached hydrogens (primary N) is 1. The molecule has 0 bridgehead atoms. The Bertz CT molecular complexity index is 1660. The number of primary amides is 1. The van der Waals surface area contributed by atoms with Crippen LogP contribution in [0, 0.1) is 0 Å². The van der Waals surface area contributed by atoms with E-state index in [-0.39, 0.29) is 33.0 Å². The van der Waals surface area contributed by atoms with E-state index in [1.165, 1.54) is 0 Å². The summed E-state index contributed by atoms with van der Waals surface area (Å²) in [4.78, 5) is 12.3. The number of ether oxygens (including phenoxy) is 4. The molecule has 0 aliphatic heterocycles. The van der Waals surface area contributed by atoms with Gasteiger partial charge in [0.2, 0.25) is 0 Å². The number of anilines is 1. The molecule has 5 aromatic rings. The van der Waals surface area contributed by atoms with Gasteiger partial charge in [-0.15, -0.1) is 0 Å². The van der Waals surface area contributed by atoms with Gasteiger partial charge < -0.3 is 35.1 Å². The van der Waals surface area contributed by atoms with E-state index in [1.807, 2.05) is 127 Å². The van der Waals surface area contributed by atoms with Gasteiger partial charge >= 0.3 is 0 Å². The van der Waals surface area contributed by atoms with Gasteiger partial charge in [-0.25, -0.2) is 0 Å². The van der Waals surface area contributed by atoms with Crippen LogP contribution in [0.3, 0.4) is 0 Å². The summed E-state index contributed by atoms with van der Waals surface area (Å²) in [5, 5.41) is 15.2. The molecule has 0 spiro atoms. The number of carbonyl (C=O) groups excluding carboxylic acids is 1. The zero-order chi connectivity index (χ0) is 34.1. The highest BCUT2D eigenvalue weighted by molar-refractivity contribution is 5.98. The molecule has 5 rings (SSSR count). The molecule has 49 heavy (non-hydrogen) atoms. The number of nitrogens with one attached hydrogen (secondary N) is 1. The Labute approximate surface area is 288 Å². The van der Waals surface area contributed by atoms with E-state index in [0.29, 0.717) is 17.9 Å². The van der Waals surface area contributed by atoms with Crippen molar-refractivity contribution in [3.05, 3.63) is 173 Å².